The summed E-state index contributed by atoms with van der Waals surface area (Å²) in [5, 5.41) is 9.82. The molecule has 2 N–H and O–H groups in total. The molecule has 0 saturated heterocycles. The molecule has 3 atom stereocenters. The summed E-state index contributed by atoms with van der Waals surface area (Å²) >= 11 is 0. The third kappa shape index (κ3) is 54.7. The van der Waals surface area contributed by atoms with E-state index in [4.69, 9.17) is 23.3 Å². The number of unbranched alkanes of at least 4 members (excludes halogenated alkanes) is 38. The molecule has 12 heteroatoms. The van der Waals surface area contributed by atoms with E-state index in [1.165, 1.54) is 173 Å². The number of phosphoric acid groups is 1. The van der Waals surface area contributed by atoms with Crippen LogP contribution >= 0.6 is 7.82 Å². The Kier molecular flexibility index (Phi) is 55.6. The second-order valence-corrected chi connectivity index (χ2v) is 22.7. The Labute approximate surface area is 455 Å². The number of allylic oxidation sites excluding steroid dienone is 4. The molecule has 0 rings (SSSR count). The molecule has 0 aromatic heterocycles. The highest BCUT2D eigenvalue weighted by Crippen LogP contribution is 2.43. The number of aliphatic hydroxyl groups is 1. The standard InChI is InChI=1S/C62H117O11P/c1-4-7-10-13-16-19-22-25-27-28-29-30-32-35-38-41-44-47-50-53-62(66)73-59(55-69-60(64)51-48-45-42-39-36-34-31-26-23-20-17-14-11-8-5-2)57-71-74(67,68)70-56-58(54-63)72-61(65)52-49-46-43-40-37-33-24-21-18-15-12-9-6-3/h17,20,26,31,58-59,63H,4-16,18-19,21-25,27-30,32-57H2,1-3H3,(H,67,68)/b20-17-,31-26-. The van der Waals surface area contributed by atoms with E-state index in [1.54, 1.807) is 0 Å². The molecule has 0 saturated carbocycles. The van der Waals surface area contributed by atoms with Crippen LogP contribution < -0.4 is 0 Å². The second-order valence-electron chi connectivity index (χ2n) is 21.2. The van der Waals surface area contributed by atoms with Gasteiger partial charge in [0.25, 0.3) is 0 Å². The van der Waals surface area contributed by atoms with E-state index in [9.17, 15) is 28.9 Å². The lowest BCUT2D eigenvalue weighted by Gasteiger charge is -2.21. The van der Waals surface area contributed by atoms with E-state index >= 15 is 0 Å². The maximum absolute atomic E-state index is 12.9. The summed E-state index contributed by atoms with van der Waals surface area (Å²) in [4.78, 5) is 48.6. The topological polar surface area (TPSA) is 155 Å². The lowest BCUT2D eigenvalue weighted by molar-refractivity contribution is -0.161. The van der Waals surface area contributed by atoms with Crippen molar-refractivity contribution in [3.8, 4) is 0 Å². The number of phosphoric ester groups is 1. The highest BCUT2D eigenvalue weighted by molar-refractivity contribution is 7.47. The minimum Gasteiger partial charge on any atom is -0.462 e. The molecule has 436 valence electrons. The number of hydrogen-bond donors (Lipinski definition) is 2. The average molecular weight is 1070 g/mol. The minimum absolute atomic E-state index is 0.172. The Hall–Kier alpha value is -2.04. The molecular weight excluding hydrogens is 952 g/mol. The van der Waals surface area contributed by atoms with Crippen LogP contribution in [0.15, 0.2) is 24.3 Å². The third-order valence-electron chi connectivity index (χ3n) is 13.9. The van der Waals surface area contributed by atoms with Crippen LogP contribution in [0.2, 0.25) is 0 Å². The molecule has 0 heterocycles. The lowest BCUT2D eigenvalue weighted by Crippen LogP contribution is -2.30. The zero-order chi connectivity index (χ0) is 54.1. The number of aliphatic hydroxyl groups excluding tert-OH is 1. The van der Waals surface area contributed by atoms with E-state index in [2.05, 4.69) is 45.1 Å². The van der Waals surface area contributed by atoms with Gasteiger partial charge in [-0.15, -0.1) is 0 Å². The summed E-state index contributed by atoms with van der Waals surface area (Å²) in [6, 6.07) is 0. The Morgan fingerprint density at radius 2 is 0.662 bits per heavy atom. The summed E-state index contributed by atoms with van der Waals surface area (Å²) in [5.41, 5.74) is 0. The van der Waals surface area contributed by atoms with Gasteiger partial charge in [0.05, 0.1) is 19.8 Å². The van der Waals surface area contributed by atoms with Gasteiger partial charge in [-0.25, -0.2) is 4.57 Å². The molecule has 0 radical (unpaired) electrons. The van der Waals surface area contributed by atoms with Gasteiger partial charge in [0.1, 0.15) is 12.7 Å². The van der Waals surface area contributed by atoms with Crippen molar-refractivity contribution in [1.82, 2.24) is 0 Å². The first-order valence-electron chi connectivity index (χ1n) is 31.2. The van der Waals surface area contributed by atoms with Gasteiger partial charge in [0.15, 0.2) is 6.10 Å². The van der Waals surface area contributed by atoms with E-state index < -0.39 is 57.8 Å². The first-order chi connectivity index (χ1) is 36.2. The molecular formula is C62H117O11P. The fourth-order valence-electron chi connectivity index (χ4n) is 9.10. The fraction of sp³-hybridized carbons (Fsp3) is 0.887. The number of carbonyl (C=O) groups is 3. The smallest absolute Gasteiger partial charge is 0.462 e. The second kappa shape index (κ2) is 57.1. The summed E-state index contributed by atoms with van der Waals surface area (Å²) in [6.07, 6.45) is 58.4. The van der Waals surface area contributed by atoms with Crippen LogP contribution in [0.5, 0.6) is 0 Å². The number of rotatable bonds is 59. The zero-order valence-electron chi connectivity index (χ0n) is 48.3. The SMILES string of the molecule is CCCCC/C=C\C/C=C\CCCCCCCC(=O)OCC(COP(=O)(O)OCC(CO)OC(=O)CCCCCCCCCCCCCCC)OC(=O)CCCCCCCCCCCCCCCCCCCCC. The summed E-state index contributed by atoms with van der Waals surface area (Å²) in [5.74, 6) is -1.45. The molecule has 3 unspecified atom stereocenters. The average Bonchev–Trinajstić information content (AvgIpc) is 3.39. The number of carbonyl (C=O) groups excluding carboxylic acids is 3. The summed E-state index contributed by atoms with van der Waals surface area (Å²) in [7, 11) is -4.74. The van der Waals surface area contributed by atoms with E-state index in [0.717, 1.165) is 83.5 Å². The molecule has 0 aliphatic rings. The van der Waals surface area contributed by atoms with Crippen molar-refractivity contribution in [1.29, 1.82) is 0 Å². The van der Waals surface area contributed by atoms with E-state index in [-0.39, 0.29) is 25.9 Å². The quantitative estimate of drug-likeness (QED) is 0.0197. The predicted octanol–water partition coefficient (Wildman–Crippen LogP) is 18.6. The molecule has 74 heavy (non-hydrogen) atoms. The molecule has 0 aromatic rings. The number of ether oxygens (including phenoxy) is 3. The largest absolute Gasteiger partial charge is 0.472 e. The fourth-order valence-corrected chi connectivity index (χ4v) is 9.88. The van der Waals surface area contributed by atoms with Crippen LogP contribution in [0.3, 0.4) is 0 Å². The molecule has 0 aliphatic heterocycles. The van der Waals surface area contributed by atoms with Gasteiger partial charge in [-0.05, 0) is 51.4 Å². The molecule has 0 amide bonds. The molecule has 0 fully saturated rings. The van der Waals surface area contributed by atoms with Gasteiger partial charge in [-0.2, -0.15) is 0 Å². The molecule has 0 aromatic carbocycles. The van der Waals surface area contributed by atoms with E-state index in [0.29, 0.717) is 19.3 Å². The van der Waals surface area contributed by atoms with Crippen molar-refractivity contribution in [2.45, 2.75) is 328 Å². The van der Waals surface area contributed by atoms with Crippen molar-refractivity contribution < 1.29 is 52.2 Å². The maximum Gasteiger partial charge on any atom is 0.472 e. The van der Waals surface area contributed by atoms with Crippen LogP contribution in [0.4, 0.5) is 0 Å². The monoisotopic (exact) mass is 1070 g/mol. The van der Waals surface area contributed by atoms with Crippen LogP contribution in [0.25, 0.3) is 0 Å². The Bertz CT molecular complexity index is 1340. The van der Waals surface area contributed by atoms with Gasteiger partial charge in [-0.1, -0.05) is 270 Å². The van der Waals surface area contributed by atoms with Gasteiger partial charge in [0.2, 0.25) is 0 Å². The number of hydrogen-bond acceptors (Lipinski definition) is 10. The maximum atomic E-state index is 12.9. The van der Waals surface area contributed by atoms with Crippen molar-refractivity contribution in [3.05, 3.63) is 24.3 Å². The lowest BCUT2D eigenvalue weighted by atomic mass is 10.0. The van der Waals surface area contributed by atoms with Crippen molar-refractivity contribution in [3.63, 3.8) is 0 Å². The molecule has 11 nitrogen and oxygen atoms in total. The first-order valence-corrected chi connectivity index (χ1v) is 32.7. The third-order valence-corrected chi connectivity index (χ3v) is 14.8. The van der Waals surface area contributed by atoms with Crippen LogP contribution in [0.1, 0.15) is 316 Å². The van der Waals surface area contributed by atoms with Crippen LogP contribution in [-0.4, -0.2) is 66.5 Å². The molecule has 0 bridgehead atoms. The van der Waals surface area contributed by atoms with Crippen molar-refractivity contribution in [2.75, 3.05) is 26.4 Å². The van der Waals surface area contributed by atoms with Crippen LogP contribution in [-0.2, 0) is 42.2 Å². The van der Waals surface area contributed by atoms with Gasteiger partial charge in [0, 0.05) is 19.3 Å². The highest BCUT2D eigenvalue weighted by atomic mass is 31.2. The van der Waals surface area contributed by atoms with Crippen molar-refractivity contribution >= 4 is 25.7 Å². The minimum atomic E-state index is -4.74. The molecule has 0 spiro atoms. The van der Waals surface area contributed by atoms with Crippen LogP contribution in [0, 0.1) is 0 Å². The number of esters is 3. The Morgan fingerprint density at radius 1 is 0.378 bits per heavy atom. The van der Waals surface area contributed by atoms with Gasteiger partial charge < -0.3 is 24.2 Å². The van der Waals surface area contributed by atoms with Crippen molar-refractivity contribution in [2.24, 2.45) is 0 Å². The normalized spacial score (nSPS) is 13.4. The Balaban J connectivity index is 4.67. The summed E-state index contributed by atoms with van der Waals surface area (Å²) in [6.45, 7) is 4.67. The van der Waals surface area contributed by atoms with E-state index in [1.807, 2.05) is 0 Å². The molecule has 0 aliphatic carbocycles. The first kappa shape index (κ1) is 72.0. The Morgan fingerprint density at radius 3 is 1.03 bits per heavy atom. The highest BCUT2D eigenvalue weighted by Gasteiger charge is 2.28. The zero-order valence-corrected chi connectivity index (χ0v) is 49.2. The predicted molar refractivity (Wildman–Crippen MR) is 307 cm³/mol. The van der Waals surface area contributed by atoms with Gasteiger partial charge >= 0.3 is 25.7 Å². The summed E-state index contributed by atoms with van der Waals surface area (Å²) < 4.78 is 39.6. The van der Waals surface area contributed by atoms with Gasteiger partial charge in [-0.3, -0.25) is 23.4 Å².